The number of rotatable bonds is 10. The first kappa shape index (κ1) is 27.8. The topological polar surface area (TPSA) is 119 Å². The van der Waals surface area contributed by atoms with E-state index in [-0.39, 0.29) is 43.9 Å². The molecule has 2 aliphatic heterocycles. The summed E-state index contributed by atoms with van der Waals surface area (Å²) in [7, 11) is 1.51. The highest BCUT2D eigenvalue weighted by molar-refractivity contribution is 6.31. The fraction of sp³-hybridized carbons (Fsp3) is 0.481. The molecule has 4 atom stereocenters. The monoisotopic (exact) mass is 547 g/mol. The number of methoxy groups -OCH3 is 1. The second-order valence-electron chi connectivity index (χ2n) is 9.13. The summed E-state index contributed by atoms with van der Waals surface area (Å²) in [6.07, 6.45) is 4.84. The molecule has 0 bridgehead atoms. The predicted molar refractivity (Wildman–Crippen MR) is 141 cm³/mol. The van der Waals surface area contributed by atoms with Crippen LogP contribution in [0.3, 0.4) is 0 Å². The van der Waals surface area contributed by atoms with Crippen molar-refractivity contribution in [3.05, 3.63) is 64.4 Å². The second-order valence-corrected chi connectivity index (χ2v) is 9.57. The number of allylic oxidation sites excluding steroid dienone is 2. The first-order valence-electron chi connectivity index (χ1n) is 12.7. The Labute approximate surface area is 227 Å². The van der Waals surface area contributed by atoms with E-state index in [2.05, 4.69) is 22.8 Å². The van der Waals surface area contributed by atoms with Crippen LogP contribution in [0.1, 0.15) is 24.9 Å². The number of aliphatic hydroxyl groups excluding tert-OH is 1. The van der Waals surface area contributed by atoms with Gasteiger partial charge in [-0.05, 0) is 42.7 Å². The maximum Gasteiger partial charge on any atom is 0.410 e. The van der Waals surface area contributed by atoms with Gasteiger partial charge in [-0.2, -0.15) is 0 Å². The highest BCUT2D eigenvalue weighted by atomic mass is 35.5. The van der Waals surface area contributed by atoms with E-state index in [1.807, 2.05) is 18.2 Å². The molecule has 2 heterocycles. The number of alkyl carbamates (subject to hydrolysis) is 1. The minimum absolute atomic E-state index is 0.0156. The summed E-state index contributed by atoms with van der Waals surface area (Å²) in [5.41, 5.74) is 3.16. The van der Waals surface area contributed by atoms with Crippen LogP contribution in [0.2, 0.25) is 0 Å². The van der Waals surface area contributed by atoms with Crippen molar-refractivity contribution in [1.29, 1.82) is 0 Å². The highest BCUT2D eigenvalue weighted by Gasteiger charge is 2.43. The lowest BCUT2D eigenvalue weighted by molar-refractivity contribution is 0.0842. The van der Waals surface area contributed by atoms with Crippen LogP contribution >= 0.6 is 11.6 Å². The van der Waals surface area contributed by atoms with Gasteiger partial charge in [-0.15, -0.1) is 0 Å². The van der Waals surface area contributed by atoms with Crippen LogP contribution in [0.15, 0.2) is 58.8 Å². The average Bonchev–Trinajstić information content (AvgIpc) is 3.28. The summed E-state index contributed by atoms with van der Waals surface area (Å²) < 4.78 is 20.8. The van der Waals surface area contributed by atoms with Crippen molar-refractivity contribution in [3.63, 3.8) is 0 Å². The van der Waals surface area contributed by atoms with Crippen LogP contribution in [0.25, 0.3) is 0 Å². The lowest BCUT2D eigenvalue weighted by atomic mass is 9.85. The van der Waals surface area contributed by atoms with Crippen molar-refractivity contribution in [2.45, 2.75) is 31.5 Å². The molecule has 3 aliphatic rings. The molecule has 38 heavy (non-hydrogen) atoms. The molecule has 206 valence electrons. The van der Waals surface area contributed by atoms with Gasteiger partial charge < -0.3 is 34.7 Å². The molecule has 1 aromatic carbocycles. The minimum atomic E-state index is -0.922. The summed E-state index contributed by atoms with van der Waals surface area (Å²) in [4.78, 5) is 26.2. The number of hydrogen-bond donors (Lipinski definition) is 3. The number of halogens is 1. The maximum atomic E-state index is 12.9. The van der Waals surface area contributed by atoms with Crippen LogP contribution in [0.5, 0.6) is 5.75 Å². The van der Waals surface area contributed by atoms with Crippen LogP contribution in [-0.4, -0.2) is 81.0 Å². The summed E-state index contributed by atoms with van der Waals surface area (Å²) in [6, 6.07) is 7.17. The Morgan fingerprint density at radius 2 is 2.03 bits per heavy atom. The van der Waals surface area contributed by atoms with Crippen molar-refractivity contribution in [2.75, 3.05) is 46.6 Å². The molecular weight excluding hydrogens is 514 g/mol. The van der Waals surface area contributed by atoms with Gasteiger partial charge in [0.05, 0.1) is 25.8 Å². The SMILES string of the molecule is CCOC(=O)N1CCC2=C(NC3C=CC(Cl)=CC23)C1c1ccc(OCC(O)CNC(=O)OCCOC)cc1. The molecule has 1 aliphatic carbocycles. The van der Waals surface area contributed by atoms with Gasteiger partial charge in [0.2, 0.25) is 0 Å². The Morgan fingerprint density at radius 1 is 1.24 bits per heavy atom. The fourth-order valence-electron chi connectivity index (χ4n) is 4.85. The number of hydrogen-bond acceptors (Lipinski definition) is 8. The molecule has 0 radical (unpaired) electrons. The number of carbonyl (C=O) groups is 2. The van der Waals surface area contributed by atoms with Gasteiger partial charge in [0.15, 0.2) is 0 Å². The number of benzene rings is 1. The molecule has 1 aromatic rings. The molecule has 11 heteroatoms. The van der Waals surface area contributed by atoms with Crippen LogP contribution in [0.4, 0.5) is 9.59 Å². The third-order valence-electron chi connectivity index (χ3n) is 6.61. The first-order valence-corrected chi connectivity index (χ1v) is 13.1. The van der Waals surface area contributed by atoms with E-state index < -0.39 is 12.2 Å². The molecule has 2 amide bonds. The Bertz CT molecular complexity index is 1090. The predicted octanol–water partition coefficient (Wildman–Crippen LogP) is 3.24. The Hall–Kier alpha value is -3.21. The van der Waals surface area contributed by atoms with E-state index in [1.54, 1.807) is 24.0 Å². The smallest absolute Gasteiger partial charge is 0.410 e. The molecular formula is C27H34ClN3O7. The summed E-state index contributed by atoms with van der Waals surface area (Å²) in [6.45, 7) is 3.02. The lowest BCUT2D eigenvalue weighted by Gasteiger charge is -2.37. The Kier molecular flexibility index (Phi) is 9.54. The van der Waals surface area contributed by atoms with Crippen molar-refractivity contribution >= 4 is 23.8 Å². The van der Waals surface area contributed by atoms with Crippen LogP contribution in [-0.2, 0) is 14.2 Å². The molecule has 0 saturated carbocycles. The average molecular weight is 548 g/mol. The van der Waals surface area contributed by atoms with Crippen LogP contribution in [0, 0.1) is 5.92 Å². The van der Waals surface area contributed by atoms with Crippen LogP contribution < -0.4 is 15.4 Å². The maximum absolute atomic E-state index is 12.9. The normalized spacial score (nSPS) is 22.6. The first-order chi connectivity index (χ1) is 18.4. The molecule has 0 aromatic heterocycles. The minimum Gasteiger partial charge on any atom is -0.491 e. The van der Waals surface area contributed by atoms with E-state index in [1.165, 1.54) is 12.7 Å². The highest BCUT2D eigenvalue weighted by Crippen LogP contribution is 2.44. The fourth-order valence-corrected chi connectivity index (χ4v) is 5.06. The molecule has 10 nitrogen and oxygen atoms in total. The summed E-state index contributed by atoms with van der Waals surface area (Å²) >= 11 is 6.29. The van der Waals surface area contributed by atoms with E-state index in [9.17, 15) is 14.7 Å². The number of carbonyl (C=O) groups excluding carboxylic acids is 2. The summed E-state index contributed by atoms with van der Waals surface area (Å²) in [5, 5.41) is 16.9. The van der Waals surface area contributed by atoms with E-state index >= 15 is 0 Å². The summed E-state index contributed by atoms with van der Waals surface area (Å²) in [5.74, 6) is 0.707. The van der Waals surface area contributed by atoms with Gasteiger partial charge in [-0.25, -0.2) is 9.59 Å². The van der Waals surface area contributed by atoms with Gasteiger partial charge in [0.25, 0.3) is 0 Å². The third-order valence-corrected chi connectivity index (χ3v) is 6.86. The molecule has 4 unspecified atom stereocenters. The number of nitrogens with one attached hydrogen (secondary N) is 2. The van der Waals surface area contributed by atoms with E-state index in [0.29, 0.717) is 30.5 Å². The Balaban J connectivity index is 1.42. The largest absolute Gasteiger partial charge is 0.491 e. The zero-order valence-electron chi connectivity index (χ0n) is 21.5. The lowest BCUT2D eigenvalue weighted by Crippen LogP contribution is -2.42. The zero-order chi connectivity index (χ0) is 27.1. The molecule has 0 saturated heterocycles. The van der Waals surface area contributed by atoms with Gasteiger partial charge in [0.1, 0.15) is 31.1 Å². The quantitative estimate of drug-likeness (QED) is 0.382. The third kappa shape index (κ3) is 6.61. The standard InChI is InChI=1S/C27H34ClN3O7/c1-3-36-27(34)31-11-10-21-22-14-18(28)6-9-23(22)30-24(21)25(31)17-4-7-20(8-5-17)38-16-19(32)15-29-26(33)37-13-12-35-2/h4-9,14,19,22-23,25,30,32H,3,10-13,15-16H2,1-2H3,(H,29,33). The van der Waals surface area contributed by atoms with Gasteiger partial charge in [0, 0.05) is 30.3 Å². The van der Waals surface area contributed by atoms with Gasteiger partial charge in [-0.1, -0.05) is 35.9 Å². The molecule has 0 spiro atoms. The molecule has 3 N–H and O–H groups in total. The second kappa shape index (κ2) is 13.0. The van der Waals surface area contributed by atoms with Crippen molar-refractivity contribution < 1.29 is 33.6 Å². The number of nitrogens with zero attached hydrogens (tertiary/aromatic N) is 1. The van der Waals surface area contributed by atoms with Crippen molar-refractivity contribution in [3.8, 4) is 5.75 Å². The zero-order valence-corrected chi connectivity index (χ0v) is 22.3. The van der Waals surface area contributed by atoms with Crippen molar-refractivity contribution in [2.24, 2.45) is 5.92 Å². The van der Waals surface area contributed by atoms with Gasteiger partial charge >= 0.3 is 12.2 Å². The number of fused-ring (bicyclic) bond motifs is 2. The number of amides is 2. The van der Waals surface area contributed by atoms with Crippen molar-refractivity contribution in [1.82, 2.24) is 15.5 Å². The van der Waals surface area contributed by atoms with E-state index in [4.69, 9.17) is 30.5 Å². The Morgan fingerprint density at radius 3 is 2.76 bits per heavy atom. The number of ether oxygens (including phenoxy) is 4. The molecule has 4 rings (SSSR count). The number of aliphatic hydroxyl groups is 1. The molecule has 0 fully saturated rings. The van der Waals surface area contributed by atoms with E-state index in [0.717, 1.165) is 17.7 Å². The van der Waals surface area contributed by atoms with Gasteiger partial charge in [-0.3, -0.25) is 4.90 Å².